The number of carbonyl (C=O) groups is 1. The summed E-state index contributed by atoms with van der Waals surface area (Å²) in [6.45, 7) is 3.87. The monoisotopic (exact) mass is 435 g/mol. The molecule has 0 aliphatic carbocycles. The third-order valence-electron chi connectivity index (χ3n) is 5.33. The number of nitrogens with one attached hydrogen (secondary N) is 1. The molecule has 1 aromatic heterocycles. The van der Waals surface area contributed by atoms with Crippen LogP contribution in [-0.4, -0.2) is 55.7 Å². The number of piperazine rings is 1. The molecule has 31 heavy (non-hydrogen) atoms. The fourth-order valence-corrected chi connectivity index (χ4v) is 3.85. The van der Waals surface area contributed by atoms with Crippen molar-refractivity contribution in [3.63, 3.8) is 0 Å². The zero-order chi connectivity index (χ0) is 21.8. The van der Waals surface area contributed by atoms with E-state index in [2.05, 4.69) is 27.3 Å². The van der Waals surface area contributed by atoms with E-state index in [4.69, 9.17) is 21.4 Å². The average molecular weight is 436 g/mol. The zero-order valence-corrected chi connectivity index (χ0v) is 17.9. The Balaban J connectivity index is 1.53. The maximum absolute atomic E-state index is 12.1. The number of nitriles is 1. The van der Waals surface area contributed by atoms with Crippen LogP contribution in [0.1, 0.15) is 10.4 Å². The largest absolute Gasteiger partial charge is 0.368 e. The molecule has 0 atom stereocenters. The molecule has 1 saturated heterocycles. The lowest BCUT2D eigenvalue weighted by Gasteiger charge is -2.34. The number of carbonyl (C=O) groups excluding carboxylic acids is 1. The highest BCUT2D eigenvalue weighted by Crippen LogP contribution is 2.33. The van der Waals surface area contributed by atoms with Gasteiger partial charge in [-0.15, -0.1) is 0 Å². The van der Waals surface area contributed by atoms with Crippen LogP contribution in [0.4, 0.5) is 5.69 Å². The number of halogens is 1. The number of anilines is 1. The van der Waals surface area contributed by atoms with E-state index in [1.165, 1.54) is 0 Å². The molecular formula is C23H22ClN5O2. The molecule has 0 saturated carbocycles. The van der Waals surface area contributed by atoms with Crippen molar-refractivity contribution in [1.29, 1.82) is 5.26 Å². The van der Waals surface area contributed by atoms with Crippen molar-refractivity contribution in [2.45, 2.75) is 0 Å². The van der Waals surface area contributed by atoms with Crippen LogP contribution in [0.15, 0.2) is 53.1 Å². The smallest absolute Gasteiger partial charge is 0.252 e. The molecule has 3 aromatic rings. The molecule has 1 fully saturated rings. The first-order valence-electron chi connectivity index (χ1n) is 10.0. The minimum absolute atomic E-state index is 0.0396. The van der Waals surface area contributed by atoms with Gasteiger partial charge in [-0.05, 0) is 37.4 Å². The third-order valence-corrected chi connectivity index (χ3v) is 5.64. The Morgan fingerprint density at radius 2 is 1.97 bits per heavy atom. The lowest BCUT2D eigenvalue weighted by molar-refractivity contribution is 0.0958. The van der Waals surface area contributed by atoms with Gasteiger partial charge in [0.2, 0.25) is 0 Å². The topological polar surface area (TPSA) is 85.4 Å². The summed E-state index contributed by atoms with van der Waals surface area (Å²) >= 11 is 6.59. The van der Waals surface area contributed by atoms with Gasteiger partial charge in [0.05, 0.1) is 16.8 Å². The van der Waals surface area contributed by atoms with E-state index in [0.29, 0.717) is 22.0 Å². The second kappa shape index (κ2) is 9.21. The summed E-state index contributed by atoms with van der Waals surface area (Å²) in [6, 6.07) is 16.6. The van der Waals surface area contributed by atoms with E-state index in [0.717, 1.165) is 43.0 Å². The molecule has 0 spiro atoms. The molecule has 158 valence electrons. The van der Waals surface area contributed by atoms with Gasteiger partial charge < -0.3 is 19.6 Å². The summed E-state index contributed by atoms with van der Waals surface area (Å²) in [5.74, 6) is 0.291. The van der Waals surface area contributed by atoms with Crippen molar-refractivity contribution in [3.8, 4) is 28.7 Å². The molecule has 1 amide bonds. The van der Waals surface area contributed by atoms with Crippen molar-refractivity contribution in [2.24, 2.45) is 0 Å². The highest BCUT2D eigenvalue weighted by Gasteiger charge is 2.18. The second-order valence-electron chi connectivity index (χ2n) is 7.45. The number of hydrogen-bond donors (Lipinski definition) is 1. The van der Waals surface area contributed by atoms with E-state index in [1.54, 1.807) is 18.2 Å². The molecule has 0 bridgehead atoms. The van der Waals surface area contributed by atoms with Crippen molar-refractivity contribution in [3.05, 3.63) is 59.1 Å². The normalized spacial score (nSPS) is 14.3. The molecule has 1 aliphatic heterocycles. The van der Waals surface area contributed by atoms with E-state index in [9.17, 15) is 4.79 Å². The number of rotatable bonds is 5. The number of benzene rings is 2. The predicted molar refractivity (Wildman–Crippen MR) is 120 cm³/mol. The van der Waals surface area contributed by atoms with Crippen LogP contribution >= 0.6 is 11.6 Å². The Bertz CT molecular complexity index is 1130. The molecule has 8 heteroatoms. The van der Waals surface area contributed by atoms with Gasteiger partial charge >= 0.3 is 0 Å². The van der Waals surface area contributed by atoms with E-state index < -0.39 is 0 Å². The Morgan fingerprint density at radius 1 is 1.16 bits per heavy atom. The van der Waals surface area contributed by atoms with Crippen molar-refractivity contribution >= 4 is 23.2 Å². The molecule has 2 aromatic carbocycles. The van der Waals surface area contributed by atoms with Crippen molar-refractivity contribution < 1.29 is 9.32 Å². The molecule has 1 N–H and O–H groups in total. The molecule has 1 aliphatic rings. The highest BCUT2D eigenvalue weighted by atomic mass is 35.5. The number of amides is 1. The van der Waals surface area contributed by atoms with Gasteiger partial charge in [-0.3, -0.25) is 4.79 Å². The van der Waals surface area contributed by atoms with Gasteiger partial charge in [-0.2, -0.15) is 5.26 Å². The Labute approximate surface area is 185 Å². The van der Waals surface area contributed by atoms with Crippen molar-refractivity contribution in [2.75, 3.05) is 44.7 Å². The fourth-order valence-electron chi connectivity index (χ4n) is 3.55. The summed E-state index contributed by atoms with van der Waals surface area (Å²) in [5.41, 5.74) is 3.68. The molecule has 0 radical (unpaired) electrons. The van der Waals surface area contributed by atoms with Crippen LogP contribution < -0.4 is 10.2 Å². The first kappa shape index (κ1) is 20.9. The Hall–Kier alpha value is -3.34. The second-order valence-corrected chi connectivity index (χ2v) is 7.86. The lowest BCUT2D eigenvalue weighted by atomic mass is 10.1. The number of nitrogens with zero attached hydrogens (tertiary/aromatic N) is 4. The zero-order valence-electron chi connectivity index (χ0n) is 17.1. The van der Waals surface area contributed by atoms with Crippen LogP contribution in [0.25, 0.3) is 22.6 Å². The predicted octanol–water partition coefficient (Wildman–Crippen LogP) is 3.67. The van der Waals surface area contributed by atoms with E-state index in [1.807, 2.05) is 36.4 Å². The maximum atomic E-state index is 12.1. The molecule has 2 heterocycles. The fraction of sp³-hybridized carbons (Fsp3) is 0.261. The van der Waals surface area contributed by atoms with E-state index >= 15 is 0 Å². The van der Waals surface area contributed by atoms with Gasteiger partial charge in [0.25, 0.3) is 5.91 Å². The summed E-state index contributed by atoms with van der Waals surface area (Å²) in [6.07, 6.45) is 0. The summed E-state index contributed by atoms with van der Waals surface area (Å²) < 4.78 is 5.55. The maximum Gasteiger partial charge on any atom is 0.252 e. The molecule has 4 rings (SSSR count). The van der Waals surface area contributed by atoms with Crippen molar-refractivity contribution in [1.82, 2.24) is 15.4 Å². The van der Waals surface area contributed by atoms with Crippen LogP contribution in [0.2, 0.25) is 5.02 Å². The highest BCUT2D eigenvalue weighted by molar-refractivity contribution is 6.33. The molecule has 0 unspecified atom stereocenters. The first-order valence-corrected chi connectivity index (χ1v) is 10.4. The van der Waals surface area contributed by atoms with Gasteiger partial charge in [0.1, 0.15) is 12.2 Å². The van der Waals surface area contributed by atoms with E-state index in [-0.39, 0.29) is 12.5 Å². The van der Waals surface area contributed by atoms with Crippen LogP contribution in [0, 0.1) is 11.3 Å². The standard InChI is InChI=1S/C23H22ClN5O2/c1-28-9-11-29(12-10-28)21-6-5-17(14-19(21)24)22-15-20(27-31-22)16-3-2-4-18(13-16)23(30)26-8-7-25/h2-6,13-15H,8-12H2,1H3,(H,26,30). The van der Waals surface area contributed by atoms with Gasteiger partial charge in [-0.1, -0.05) is 28.9 Å². The first-order chi connectivity index (χ1) is 15.0. The van der Waals surface area contributed by atoms with Gasteiger partial charge in [0.15, 0.2) is 5.76 Å². The molecular weight excluding hydrogens is 414 g/mol. The van der Waals surface area contributed by atoms with Crippen LogP contribution in [0.3, 0.4) is 0 Å². The van der Waals surface area contributed by atoms with Gasteiger partial charge in [0, 0.05) is 48.9 Å². The third kappa shape index (κ3) is 4.71. The Morgan fingerprint density at radius 3 is 2.71 bits per heavy atom. The number of aromatic nitrogens is 1. The lowest BCUT2D eigenvalue weighted by Crippen LogP contribution is -2.44. The molecule has 7 nitrogen and oxygen atoms in total. The number of likely N-dealkylation sites (N-methyl/N-ethyl adjacent to an activating group) is 1. The summed E-state index contributed by atoms with van der Waals surface area (Å²) in [5, 5.41) is 16.0. The van der Waals surface area contributed by atoms with Gasteiger partial charge in [-0.25, -0.2) is 0 Å². The number of hydrogen-bond acceptors (Lipinski definition) is 6. The SMILES string of the molecule is CN1CCN(c2ccc(-c3cc(-c4cccc(C(=O)NCC#N)c4)no3)cc2Cl)CC1. The average Bonchev–Trinajstić information content (AvgIpc) is 3.29. The summed E-state index contributed by atoms with van der Waals surface area (Å²) in [7, 11) is 2.12. The minimum Gasteiger partial charge on any atom is -0.368 e. The summed E-state index contributed by atoms with van der Waals surface area (Å²) in [4.78, 5) is 16.7. The Kier molecular flexibility index (Phi) is 6.21. The van der Waals surface area contributed by atoms with Crippen LogP contribution in [0.5, 0.6) is 0 Å². The quantitative estimate of drug-likeness (QED) is 0.615. The van der Waals surface area contributed by atoms with Crippen LogP contribution in [-0.2, 0) is 0 Å². The minimum atomic E-state index is -0.307.